The highest BCUT2D eigenvalue weighted by Gasteiger charge is 2.47. The zero-order chi connectivity index (χ0) is 19.6. The lowest BCUT2D eigenvalue weighted by Crippen LogP contribution is -2.41. The Labute approximate surface area is 172 Å². The Morgan fingerprint density at radius 1 is 1.07 bits per heavy atom. The van der Waals surface area contributed by atoms with Crippen molar-refractivity contribution >= 4 is 11.4 Å². The van der Waals surface area contributed by atoms with Gasteiger partial charge in [0.15, 0.2) is 0 Å². The van der Waals surface area contributed by atoms with E-state index in [4.69, 9.17) is 0 Å². The van der Waals surface area contributed by atoms with Gasteiger partial charge in [0.25, 0.3) is 0 Å². The predicted octanol–water partition coefficient (Wildman–Crippen LogP) is 6.35. The highest BCUT2D eigenvalue weighted by Crippen LogP contribution is 2.57. The average molecular weight is 389 g/mol. The SMILES string of the molecule is CN1CC2CC2c2cc(C3(C(Nc4ccc(F)cc4)=C4CCC4)CCC3)ccc21. The van der Waals surface area contributed by atoms with Gasteiger partial charge in [-0.3, -0.25) is 0 Å². The van der Waals surface area contributed by atoms with E-state index in [1.807, 2.05) is 12.1 Å². The smallest absolute Gasteiger partial charge is 0.123 e. The van der Waals surface area contributed by atoms with E-state index in [2.05, 4.69) is 35.5 Å². The molecule has 4 aliphatic rings. The molecular formula is C26H29FN2. The van der Waals surface area contributed by atoms with Crippen LogP contribution in [0.2, 0.25) is 0 Å². The summed E-state index contributed by atoms with van der Waals surface area (Å²) in [5.41, 5.74) is 8.61. The molecule has 150 valence electrons. The first-order chi connectivity index (χ1) is 14.1. The molecule has 1 aliphatic heterocycles. The summed E-state index contributed by atoms with van der Waals surface area (Å²) in [6.45, 7) is 1.21. The molecule has 3 heteroatoms. The van der Waals surface area contributed by atoms with E-state index in [0.717, 1.165) is 17.5 Å². The van der Waals surface area contributed by atoms with Gasteiger partial charge in [-0.1, -0.05) is 18.6 Å². The van der Waals surface area contributed by atoms with Crippen LogP contribution in [0.4, 0.5) is 15.8 Å². The van der Waals surface area contributed by atoms with Gasteiger partial charge in [-0.25, -0.2) is 4.39 Å². The first kappa shape index (κ1) is 17.6. The number of hydrogen-bond donors (Lipinski definition) is 1. The zero-order valence-electron chi connectivity index (χ0n) is 17.2. The second-order valence-electron chi connectivity index (χ2n) is 9.66. The summed E-state index contributed by atoms with van der Waals surface area (Å²) in [6.07, 6.45) is 8.75. The molecule has 2 unspecified atom stereocenters. The fraction of sp³-hybridized carbons (Fsp3) is 0.462. The first-order valence-corrected chi connectivity index (χ1v) is 11.2. The molecule has 3 saturated carbocycles. The highest BCUT2D eigenvalue weighted by atomic mass is 19.1. The number of fused-ring (bicyclic) bond motifs is 3. The van der Waals surface area contributed by atoms with E-state index in [9.17, 15) is 4.39 Å². The van der Waals surface area contributed by atoms with E-state index in [-0.39, 0.29) is 11.2 Å². The molecule has 0 amide bonds. The molecule has 1 heterocycles. The van der Waals surface area contributed by atoms with Gasteiger partial charge < -0.3 is 10.2 Å². The number of allylic oxidation sites excluding steroid dienone is 2. The fourth-order valence-electron chi connectivity index (χ4n) is 5.82. The number of halogens is 1. The molecule has 0 radical (unpaired) electrons. The summed E-state index contributed by atoms with van der Waals surface area (Å²) >= 11 is 0. The Kier molecular flexibility index (Phi) is 3.85. The maximum Gasteiger partial charge on any atom is 0.123 e. The molecule has 0 saturated heterocycles. The van der Waals surface area contributed by atoms with Gasteiger partial charge >= 0.3 is 0 Å². The number of anilines is 2. The van der Waals surface area contributed by atoms with Crippen molar-refractivity contribution in [3.05, 3.63) is 70.7 Å². The van der Waals surface area contributed by atoms with Crippen molar-refractivity contribution in [3.63, 3.8) is 0 Å². The Bertz CT molecular complexity index is 980. The first-order valence-electron chi connectivity index (χ1n) is 11.2. The fourth-order valence-corrected chi connectivity index (χ4v) is 5.82. The highest BCUT2D eigenvalue weighted by molar-refractivity contribution is 5.63. The zero-order valence-corrected chi connectivity index (χ0v) is 17.2. The molecule has 6 rings (SSSR count). The van der Waals surface area contributed by atoms with Crippen LogP contribution in [0.25, 0.3) is 0 Å². The standard InChI is InChI=1S/C26H29FN2/c1-29-16-18-14-22(18)23-15-19(6-11-24(23)29)26(12-3-13-26)25(17-4-2-5-17)28-21-9-7-20(27)8-10-21/h6-11,15,18,22,28H,2-5,12-14,16H2,1H3. The largest absolute Gasteiger partial charge is 0.374 e. The minimum atomic E-state index is -0.176. The van der Waals surface area contributed by atoms with Crippen LogP contribution in [-0.2, 0) is 5.41 Å². The predicted molar refractivity (Wildman–Crippen MR) is 117 cm³/mol. The number of benzene rings is 2. The van der Waals surface area contributed by atoms with Crippen molar-refractivity contribution in [3.8, 4) is 0 Å². The van der Waals surface area contributed by atoms with Crippen molar-refractivity contribution in [2.75, 3.05) is 23.8 Å². The van der Waals surface area contributed by atoms with Crippen molar-refractivity contribution in [1.29, 1.82) is 0 Å². The lowest BCUT2D eigenvalue weighted by Gasteiger charge is -2.47. The topological polar surface area (TPSA) is 15.3 Å². The lowest BCUT2D eigenvalue weighted by atomic mass is 9.60. The van der Waals surface area contributed by atoms with Gasteiger partial charge in [-0.05, 0) is 97.4 Å². The molecule has 1 N–H and O–H groups in total. The van der Waals surface area contributed by atoms with Crippen molar-refractivity contribution in [2.24, 2.45) is 5.92 Å². The minimum absolute atomic E-state index is 0.111. The Morgan fingerprint density at radius 2 is 1.86 bits per heavy atom. The van der Waals surface area contributed by atoms with Crippen LogP contribution < -0.4 is 10.2 Å². The van der Waals surface area contributed by atoms with Crippen molar-refractivity contribution in [2.45, 2.75) is 56.3 Å². The van der Waals surface area contributed by atoms with E-state index in [1.54, 1.807) is 23.3 Å². The van der Waals surface area contributed by atoms with Crippen molar-refractivity contribution in [1.82, 2.24) is 0 Å². The molecule has 2 atom stereocenters. The van der Waals surface area contributed by atoms with Crippen LogP contribution in [-0.4, -0.2) is 13.6 Å². The lowest BCUT2D eigenvalue weighted by molar-refractivity contribution is 0.290. The summed E-state index contributed by atoms with van der Waals surface area (Å²) in [5.74, 6) is 1.47. The molecule has 2 nitrogen and oxygen atoms in total. The maximum atomic E-state index is 13.4. The Balaban J connectivity index is 1.41. The van der Waals surface area contributed by atoms with Gasteiger partial charge in [0, 0.05) is 36.1 Å². The van der Waals surface area contributed by atoms with Crippen LogP contribution in [0.3, 0.4) is 0 Å². The third kappa shape index (κ3) is 2.73. The van der Waals surface area contributed by atoms with Crippen LogP contribution in [0, 0.1) is 11.7 Å². The second kappa shape index (κ2) is 6.35. The number of rotatable bonds is 4. The van der Waals surface area contributed by atoms with Gasteiger partial charge in [-0.15, -0.1) is 0 Å². The monoisotopic (exact) mass is 388 g/mol. The van der Waals surface area contributed by atoms with Gasteiger partial charge in [0.2, 0.25) is 0 Å². The van der Waals surface area contributed by atoms with E-state index in [1.165, 1.54) is 68.4 Å². The van der Waals surface area contributed by atoms with E-state index in [0.29, 0.717) is 0 Å². The summed E-state index contributed by atoms with van der Waals surface area (Å²) in [7, 11) is 2.24. The number of hydrogen-bond acceptors (Lipinski definition) is 2. The molecule has 2 aromatic carbocycles. The summed E-state index contributed by atoms with van der Waals surface area (Å²) in [6, 6.07) is 14.2. The summed E-state index contributed by atoms with van der Waals surface area (Å²) in [5, 5.41) is 3.76. The quantitative estimate of drug-likeness (QED) is 0.656. The third-order valence-corrected chi connectivity index (χ3v) is 7.93. The van der Waals surface area contributed by atoms with E-state index >= 15 is 0 Å². The van der Waals surface area contributed by atoms with Gasteiger partial charge in [0.1, 0.15) is 5.82 Å². The molecule has 3 aliphatic carbocycles. The van der Waals surface area contributed by atoms with Gasteiger partial charge in [-0.2, -0.15) is 0 Å². The summed E-state index contributed by atoms with van der Waals surface area (Å²) in [4.78, 5) is 2.45. The van der Waals surface area contributed by atoms with Crippen LogP contribution >= 0.6 is 0 Å². The third-order valence-electron chi connectivity index (χ3n) is 7.93. The molecule has 0 bridgehead atoms. The summed E-state index contributed by atoms with van der Waals surface area (Å²) < 4.78 is 13.4. The molecule has 3 fully saturated rings. The second-order valence-corrected chi connectivity index (χ2v) is 9.66. The molecule has 0 spiro atoms. The Hall–Kier alpha value is -2.29. The molecule has 2 aromatic rings. The molecule has 29 heavy (non-hydrogen) atoms. The average Bonchev–Trinajstić information content (AvgIpc) is 3.41. The van der Waals surface area contributed by atoms with Crippen LogP contribution in [0.15, 0.2) is 53.7 Å². The Morgan fingerprint density at radius 3 is 2.52 bits per heavy atom. The molecule has 0 aromatic heterocycles. The van der Waals surface area contributed by atoms with Gasteiger partial charge in [0.05, 0.1) is 0 Å². The number of nitrogens with one attached hydrogen (secondary N) is 1. The van der Waals surface area contributed by atoms with E-state index < -0.39 is 0 Å². The van der Waals surface area contributed by atoms with Crippen LogP contribution in [0.1, 0.15) is 62.0 Å². The number of nitrogens with zero attached hydrogens (tertiary/aromatic N) is 1. The normalized spacial score (nSPS) is 26.0. The van der Waals surface area contributed by atoms with Crippen molar-refractivity contribution < 1.29 is 4.39 Å². The minimum Gasteiger partial charge on any atom is -0.374 e. The maximum absolute atomic E-state index is 13.4. The molecular weight excluding hydrogens is 359 g/mol. The van der Waals surface area contributed by atoms with Crippen LogP contribution in [0.5, 0.6) is 0 Å².